The molecule has 6 rings (SSSR count). The highest BCUT2D eigenvalue weighted by molar-refractivity contribution is 5.64. The molecule has 0 spiro atoms. The molecule has 0 aliphatic rings. The maximum absolute atomic E-state index is 15.5. The molecule has 0 heterocycles. The van der Waals surface area contributed by atoms with Gasteiger partial charge in [-0.05, 0) is 106 Å². The summed E-state index contributed by atoms with van der Waals surface area (Å²) in [5.41, 5.74) is 0.576. The van der Waals surface area contributed by atoms with E-state index >= 15 is 26.3 Å². The Hall–Kier alpha value is -10.6. The molecule has 0 saturated carbocycles. The summed E-state index contributed by atoms with van der Waals surface area (Å²) in [5.74, 6) is -15.3. The van der Waals surface area contributed by atoms with Gasteiger partial charge in [-0.25, -0.2) is 13.5 Å². The van der Waals surface area contributed by atoms with Crippen molar-refractivity contribution in [1.82, 2.24) is 0 Å². The van der Waals surface area contributed by atoms with Gasteiger partial charge in [0.15, 0.2) is 0 Å². The zero-order valence-electron chi connectivity index (χ0n) is 52.4. The Balaban J connectivity index is 0.000000558. The maximum atomic E-state index is 15.5. The van der Waals surface area contributed by atoms with Gasteiger partial charge >= 0.3 is 92.9 Å². The van der Waals surface area contributed by atoms with Crippen molar-refractivity contribution in [1.29, 1.82) is 0 Å². The van der Waals surface area contributed by atoms with Crippen LogP contribution in [0.2, 0.25) is 0 Å². The molecule has 0 bridgehead atoms. The molecule has 1 unspecified atom stereocenters. The van der Waals surface area contributed by atoms with E-state index < -0.39 is 217 Å². The summed E-state index contributed by atoms with van der Waals surface area (Å²) in [4.78, 5) is 0. The lowest BCUT2D eigenvalue weighted by Crippen LogP contribution is -2.61. The third-order valence-electron chi connectivity index (χ3n) is 13.8. The van der Waals surface area contributed by atoms with E-state index in [4.69, 9.17) is 52.7 Å². The lowest BCUT2D eigenvalue weighted by atomic mass is 9.72. The van der Waals surface area contributed by atoms with E-state index in [9.17, 15) is 154 Å². The van der Waals surface area contributed by atoms with Crippen molar-refractivity contribution in [2.75, 3.05) is 34.4 Å². The molecule has 0 saturated heterocycles. The van der Waals surface area contributed by atoms with Crippen LogP contribution in [-0.4, -0.2) is 118 Å². The quantitative estimate of drug-likeness (QED) is 0.00987. The molecule has 632 valence electrons. The Morgan fingerprint density at radius 1 is 0.295 bits per heavy atom. The minimum Gasteiger partial charge on any atom is -0.506 e. The summed E-state index contributed by atoms with van der Waals surface area (Å²) in [6.45, 7) is 0. The molecule has 0 radical (unpaired) electrons. The lowest BCUT2D eigenvalue weighted by molar-refractivity contribution is -0.544. The van der Waals surface area contributed by atoms with Gasteiger partial charge in [0.05, 0.1) is 34.1 Å². The van der Waals surface area contributed by atoms with Crippen LogP contribution in [0.5, 0.6) is 34.5 Å². The van der Waals surface area contributed by atoms with Crippen LogP contribution in [0.15, 0.2) is 121 Å². The molecule has 0 amide bonds. The highest BCUT2D eigenvalue weighted by Crippen LogP contribution is 2.62. The second-order valence-corrected chi connectivity index (χ2v) is 20.8. The zero-order valence-corrected chi connectivity index (χ0v) is 52.4. The van der Waals surface area contributed by atoms with Crippen LogP contribution >= 0.6 is 0 Å². The summed E-state index contributed by atoms with van der Waals surface area (Å²) < 4.78 is 517. The first kappa shape index (κ1) is 97.5. The Labute approximate surface area is 592 Å². The topological polar surface area (TPSA) is 342 Å². The van der Waals surface area contributed by atoms with E-state index in [1.165, 1.54) is 0 Å². The summed E-state index contributed by atoms with van der Waals surface area (Å²) in [6.07, 6.45) is -83.3. The molecule has 6 aromatic carbocycles. The van der Waals surface area contributed by atoms with Gasteiger partial charge in [-0.15, -0.1) is 57.1 Å². The van der Waals surface area contributed by atoms with Crippen LogP contribution in [0.3, 0.4) is 0 Å². The highest BCUT2D eigenvalue weighted by Gasteiger charge is 2.78. The van der Waals surface area contributed by atoms with Crippen LogP contribution in [0.25, 0.3) is 0 Å². The molecule has 0 fully saturated rings. The average molecular weight is 1710 g/mol. The number of alkyl halides is 32. The maximum Gasteiger partial charge on any atom is 0.544 e. The van der Waals surface area contributed by atoms with Crippen molar-refractivity contribution in [2.24, 2.45) is 0 Å². The van der Waals surface area contributed by atoms with Crippen molar-refractivity contribution >= 4 is 34.1 Å². The number of anilines is 6. The van der Waals surface area contributed by atoms with Gasteiger partial charge < -0.3 is 74.5 Å². The van der Waals surface area contributed by atoms with Crippen LogP contribution in [0, 0.1) is 0 Å². The third-order valence-corrected chi connectivity index (χ3v) is 13.8. The number of aromatic hydroxyl groups is 6. The first-order valence-electron chi connectivity index (χ1n) is 27.0. The Kier molecular flexibility index (Phi) is 29.7. The monoisotopic (exact) mass is 1710 g/mol. The predicted octanol–water partition coefficient (Wildman–Crippen LogP) is 17.9. The highest BCUT2D eigenvalue weighted by atomic mass is 20.0. The molecule has 1 atom stereocenters. The fourth-order valence-electron chi connectivity index (χ4n) is 9.28. The summed E-state index contributed by atoms with van der Waals surface area (Å²) >= 11 is 0. The smallest absolute Gasteiger partial charge is 0.506 e. The van der Waals surface area contributed by atoms with E-state index in [-0.39, 0.29) is 72.8 Å². The number of nitrogen functional groups attached to an aromatic ring is 6. The van der Waals surface area contributed by atoms with E-state index in [0.717, 1.165) is 0 Å². The van der Waals surface area contributed by atoms with E-state index in [2.05, 4.69) is 28.4 Å². The van der Waals surface area contributed by atoms with Crippen LogP contribution in [0.4, 0.5) is 202 Å². The molecular formula is C55H38F38N6O13. The molecule has 0 aliphatic heterocycles. The number of rotatable bonds is 22. The fraction of sp³-hybridized carbons (Fsp3) is 0.309. The summed E-state index contributed by atoms with van der Waals surface area (Å²) in [5, 5.41) is 56.9. The van der Waals surface area contributed by atoms with Gasteiger partial charge in [0.1, 0.15) is 34.5 Å². The Morgan fingerprint density at radius 3 is 0.732 bits per heavy atom. The van der Waals surface area contributed by atoms with Crippen molar-refractivity contribution in [3.63, 3.8) is 0 Å². The molecule has 0 aliphatic carbocycles. The number of hydrogen-bond acceptors (Lipinski definition) is 19. The van der Waals surface area contributed by atoms with Gasteiger partial charge in [0.25, 0.3) is 0 Å². The predicted molar refractivity (Wildman–Crippen MR) is 295 cm³/mol. The Morgan fingerprint density at radius 2 is 0.527 bits per heavy atom. The number of phenolic OH excluding ortho intramolecular Hbond substituents is 6. The van der Waals surface area contributed by atoms with E-state index in [1.807, 2.05) is 4.74 Å². The molecule has 0 aromatic heterocycles. The largest absolute Gasteiger partial charge is 0.544 e. The fourth-order valence-corrected chi connectivity index (χ4v) is 9.28. The first-order valence-corrected chi connectivity index (χ1v) is 27.0. The first-order chi connectivity index (χ1) is 50.3. The van der Waals surface area contributed by atoms with Crippen molar-refractivity contribution in [3.8, 4) is 34.5 Å². The van der Waals surface area contributed by atoms with Gasteiger partial charge in [-0.3, -0.25) is 9.47 Å². The van der Waals surface area contributed by atoms with Crippen molar-refractivity contribution < 1.29 is 231 Å². The number of halogens is 38. The number of ether oxygens (including phenoxy) is 7. The minimum atomic E-state index is -6.41. The van der Waals surface area contributed by atoms with E-state index in [1.54, 1.807) is 0 Å². The summed E-state index contributed by atoms with van der Waals surface area (Å²) in [6, 6.07) is 3.67. The van der Waals surface area contributed by atoms with Crippen LogP contribution < -0.4 is 34.4 Å². The number of nitrogens with two attached hydrogens (primary N) is 6. The molecule has 19 nitrogen and oxygen atoms in total. The van der Waals surface area contributed by atoms with E-state index in [0.29, 0.717) is 36.4 Å². The molecule has 6 aromatic rings. The van der Waals surface area contributed by atoms with Gasteiger partial charge in [0.2, 0.25) is 22.5 Å². The van der Waals surface area contributed by atoms with Gasteiger partial charge in [-0.2, -0.15) is 92.9 Å². The third kappa shape index (κ3) is 21.5. The van der Waals surface area contributed by atoms with Crippen LogP contribution in [-0.2, 0) is 49.4 Å². The zero-order chi connectivity index (χ0) is 87.9. The lowest BCUT2D eigenvalue weighted by Gasteiger charge is -2.43. The standard InChI is InChI=1S/C19H12F12N2O5.C19H14F12N2O4.C17H12F10N2O4.2F2/c20-13(21)14(37-19(30,31)38-18(27,28)29)36-17(25,26)15(16(22,23)24,7-1-3-11(34)9(32)5-7)8-2-4-12(35)10(33)6-8;20-13(21)16(22,23)14(37-19(29,30)31)36-18(27,28)15(17(24,25)26,7-1-3-11(34)9(32)5-7)8-2-4-12(35)10(33)6-8;18-14(19,20)13(7-1-3-11(30)9(28)5-7,8-2-4-12(31)10(29)6-8)15(21,22)32-17(26,27)33-16(23,24)25;2*1-2/h1-6,34-35H,32-33H2;1-6,13-14,34-35H,32-33H2;1-6,30-31H,28-29H2;;. The van der Waals surface area contributed by atoms with Gasteiger partial charge in [-0.1, -0.05) is 36.4 Å². The molecule has 18 N–H and O–H groups in total. The average Bonchev–Trinajstić information content (AvgIpc) is 0.719. The molecular weight excluding hydrogens is 1670 g/mol. The number of hydrogen-bond donors (Lipinski definition) is 12. The summed E-state index contributed by atoms with van der Waals surface area (Å²) in [7, 11) is 0. The van der Waals surface area contributed by atoms with Crippen molar-refractivity contribution in [3.05, 3.63) is 155 Å². The normalized spacial score (nSPS) is 13.6. The molecule has 57 heteroatoms. The Bertz CT molecular complexity index is 4040. The number of benzene rings is 6. The second-order valence-electron chi connectivity index (χ2n) is 20.8. The number of phenols is 6. The van der Waals surface area contributed by atoms with Crippen molar-refractivity contribution in [2.45, 2.75) is 103 Å². The van der Waals surface area contributed by atoms with Crippen LogP contribution in [0.1, 0.15) is 33.4 Å². The van der Waals surface area contributed by atoms with Gasteiger partial charge in [0, 0.05) is 18.3 Å². The minimum absolute atomic E-state index is 0.0496. The molecule has 112 heavy (non-hydrogen) atoms. The second kappa shape index (κ2) is 34.2. The SMILES string of the molecule is FF.FF.Nc1cc(C(c2ccc(O)c(N)c2)(C(F)(F)F)C(F)(F)OC(F)(F)OC(F)(F)F)ccc1O.Nc1cc(C(c2ccc(O)c(N)c2)(C(F)(F)F)C(F)(F)OC(OC(F)(F)F)C(F)(F)C(F)F)ccc1O.Nc1cc(C(c2ccc(O)c(N)c2)(C(F)(F)F)C(F)(F)OC(OC(F)(F)OC(F)(F)F)=C(F)F)ccc1O.